The molecular formula is C21H28N2O5S. The molecule has 0 fully saturated rings. The van der Waals surface area contributed by atoms with E-state index in [0.29, 0.717) is 36.7 Å². The molecule has 2 aromatic carbocycles. The van der Waals surface area contributed by atoms with Crippen molar-refractivity contribution in [2.24, 2.45) is 0 Å². The van der Waals surface area contributed by atoms with Crippen molar-refractivity contribution in [1.29, 1.82) is 0 Å². The Morgan fingerprint density at radius 3 is 2.14 bits per heavy atom. The fourth-order valence-corrected chi connectivity index (χ4v) is 4.40. The highest BCUT2D eigenvalue weighted by Gasteiger charge is 2.21. The minimum absolute atomic E-state index is 0.154. The summed E-state index contributed by atoms with van der Waals surface area (Å²) < 4.78 is 36.9. The molecule has 0 bridgehead atoms. The number of carbonyl (C=O) groups excluding carboxylic acids is 1. The maximum absolute atomic E-state index is 12.5. The van der Waals surface area contributed by atoms with E-state index in [0.717, 1.165) is 5.56 Å². The summed E-state index contributed by atoms with van der Waals surface area (Å²) in [6.45, 7) is 4.42. The maximum atomic E-state index is 12.5. The van der Waals surface area contributed by atoms with Gasteiger partial charge in [-0.3, -0.25) is 4.79 Å². The highest BCUT2D eigenvalue weighted by atomic mass is 32.2. The molecule has 29 heavy (non-hydrogen) atoms. The maximum Gasteiger partial charge on any atom is 0.243 e. The average molecular weight is 421 g/mol. The zero-order valence-electron chi connectivity index (χ0n) is 17.3. The second-order valence-corrected chi connectivity index (χ2v) is 8.29. The molecular weight excluding hydrogens is 392 g/mol. The van der Waals surface area contributed by atoms with Crippen LogP contribution in [-0.2, 0) is 21.2 Å². The Kier molecular flexibility index (Phi) is 8.04. The second kappa shape index (κ2) is 10.3. The molecule has 2 aromatic rings. The molecule has 0 radical (unpaired) electrons. The van der Waals surface area contributed by atoms with Crippen LogP contribution in [0.25, 0.3) is 0 Å². The summed E-state index contributed by atoms with van der Waals surface area (Å²) >= 11 is 0. The largest absolute Gasteiger partial charge is 0.493 e. The molecule has 0 aliphatic rings. The van der Waals surface area contributed by atoms with Crippen LogP contribution in [0, 0.1) is 0 Å². The Morgan fingerprint density at radius 2 is 1.59 bits per heavy atom. The third-order valence-electron chi connectivity index (χ3n) is 4.57. The van der Waals surface area contributed by atoms with E-state index in [4.69, 9.17) is 9.47 Å². The number of anilines is 1. The summed E-state index contributed by atoms with van der Waals surface area (Å²) in [5.41, 5.74) is 1.51. The number of methoxy groups -OCH3 is 2. The van der Waals surface area contributed by atoms with E-state index >= 15 is 0 Å². The molecule has 0 saturated carbocycles. The summed E-state index contributed by atoms with van der Waals surface area (Å²) in [6.07, 6.45) is 0.829. The quantitative estimate of drug-likeness (QED) is 0.637. The molecule has 0 heterocycles. The molecule has 0 spiro atoms. The molecule has 0 atom stereocenters. The minimum atomic E-state index is -3.51. The predicted octanol–water partition coefficient (Wildman–Crippen LogP) is 3.31. The molecule has 0 aromatic heterocycles. The normalized spacial score (nSPS) is 11.3. The van der Waals surface area contributed by atoms with E-state index in [1.165, 1.54) is 16.4 Å². The van der Waals surface area contributed by atoms with Crippen LogP contribution in [0.5, 0.6) is 11.5 Å². The van der Waals surface area contributed by atoms with Gasteiger partial charge >= 0.3 is 0 Å². The number of benzene rings is 2. The van der Waals surface area contributed by atoms with Crippen LogP contribution in [-0.4, -0.2) is 45.9 Å². The molecule has 0 aliphatic carbocycles. The number of hydrogen-bond acceptors (Lipinski definition) is 5. The zero-order chi connectivity index (χ0) is 21.4. The van der Waals surface area contributed by atoms with Crippen molar-refractivity contribution in [3.05, 3.63) is 48.0 Å². The van der Waals surface area contributed by atoms with Gasteiger partial charge in [0.1, 0.15) is 0 Å². The number of carbonyl (C=O) groups is 1. The van der Waals surface area contributed by atoms with Crippen molar-refractivity contribution in [3.63, 3.8) is 0 Å². The molecule has 158 valence electrons. The van der Waals surface area contributed by atoms with Gasteiger partial charge < -0.3 is 14.8 Å². The highest BCUT2D eigenvalue weighted by Crippen LogP contribution is 2.28. The van der Waals surface area contributed by atoms with E-state index in [1.54, 1.807) is 46.3 Å². The standard InChI is InChI=1S/C21H28N2O5S/c1-5-23(6-2)29(25,26)18-11-9-17(10-12-18)22-21(24)14-8-16-7-13-19(27-3)20(15-16)28-4/h7,9-13,15H,5-6,8,14H2,1-4H3,(H,22,24). The van der Waals surface area contributed by atoms with Crippen LogP contribution >= 0.6 is 0 Å². The van der Waals surface area contributed by atoms with Gasteiger partial charge in [0.15, 0.2) is 11.5 Å². The third kappa shape index (κ3) is 5.71. The van der Waals surface area contributed by atoms with Crippen LogP contribution in [0.4, 0.5) is 5.69 Å². The van der Waals surface area contributed by atoms with E-state index in [9.17, 15) is 13.2 Å². The summed E-state index contributed by atoms with van der Waals surface area (Å²) in [6, 6.07) is 11.8. The number of nitrogens with one attached hydrogen (secondary N) is 1. The minimum Gasteiger partial charge on any atom is -0.493 e. The number of hydrogen-bond donors (Lipinski definition) is 1. The summed E-state index contributed by atoms with van der Waals surface area (Å²) in [4.78, 5) is 12.5. The Balaban J connectivity index is 1.98. The number of sulfonamides is 1. The van der Waals surface area contributed by atoms with Gasteiger partial charge in [-0.1, -0.05) is 19.9 Å². The lowest BCUT2D eigenvalue weighted by Crippen LogP contribution is -2.30. The van der Waals surface area contributed by atoms with Gasteiger partial charge in [-0.2, -0.15) is 4.31 Å². The topological polar surface area (TPSA) is 84.9 Å². The van der Waals surface area contributed by atoms with E-state index < -0.39 is 10.0 Å². The Bertz CT molecular complexity index is 923. The van der Waals surface area contributed by atoms with Crippen molar-refractivity contribution >= 4 is 21.6 Å². The smallest absolute Gasteiger partial charge is 0.243 e. The van der Waals surface area contributed by atoms with Crippen molar-refractivity contribution in [1.82, 2.24) is 4.31 Å². The first-order chi connectivity index (χ1) is 13.8. The Morgan fingerprint density at radius 1 is 0.966 bits per heavy atom. The monoisotopic (exact) mass is 420 g/mol. The van der Waals surface area contributed by atoms with Crippen molar-refractivity contribution in [2.45, 2.75) is 31.6 Å². The molecule has 1 N–H and O–H groups in total. The van der Waals surface area contributed by atoms with E-state index in [1.807, 2.05) is 12.1 Å². The molecule has 8 heteroatoms. The first-order valence-corrected chi connectivity index (χ1v) is 10.9. The third-order valence-corrected chi connectivity index (χ3v) is 6.63. The van der Waals surface area contributed by atoms with Crippen LogP contribution in [0.2, 0.25) is 0 Å². The number of rotatable bonds is 10. The number of nitrogens with zero attached hydrogens (tertiary/aromatic N) is 1. The average Bonchev–Trinajstić information content (AvgIpc) is 2.73. The van der Waals surface area contributed by atoms with Crippen LogP contribution in [0.15, 0.2) is 47.4 Å². The predicted molar refractivity (Wildman–Crippen MR) is 113 cm³/mol. The first-order valence-electron chi connectivity index (χ1n) is 9.46. The van der Waals surface area contributed by atoms with Crippen LogP contribution in [0.1, 0.15) is 25.8 Å². The van der Waals surface area contributed by atoms with E-state index in [2.05, 4.69) is 5.32 Å². The molecule has 0 unspecified atom stereocenters. The molecule has 2 rings (SSSR count). The fraction of sp³-hybridized carbons (Fsp3) is 0.381. The fourth-order valence-electron chi connectivity index (χ4n) is 2.94. The lowest BCUT2D eigenvalue weighted by molar-refractivity contribution is -0.116. The lowest BCUT2D eigenvalue weighted by Gasteiger charge is -2.18. The number of aryl methyl sites for hydroxylation is 1. The SMILES string of the molecule is CCN(CC)S(=O)(=O)c1ccc(NC(=O)CCc2ccc(OC)c(OC)c2)cc1. The van der Waals surface area contributed by atoms with Crippen molar-refractivity contribution < 1.29 is 22.7 Å². The molecule has 7 nitrogen and oxygen atoms in total. The van der Waals surface area contributed by atoms with Crippen LogP contribution in [0.3, 0.4) is 0 Å². The second-order valence-electron chi connectivity index (χ2n) is 6.35. The van der Waals surface area contributed by atoms with Crippen LogP contribution < -0.4 is 14.8 Å². The van der Waals surface area contributed by atoms with Gasteiger partial charge in [0, 0.05) is 25.2 Å². The lowest BCUT2D eigenvalue weighted by atomic mass is 10.1. The summed E-state index contributed by atoms with van der Waals surface area (Å²) in [7, 11) is -0.366. The highest BCUT2D eigenvalue weighted by molar-refractivity contribution is 7.89. The van der Waals surface area contributed by atoms with Gasteiger partial charge in [0.05, 0.1) is 19.1 Å². The molecule has 0 aliphatic heterocycles. The van der Waals surface area contributed by atoms with Gasteiger partial charge in [-0.25, -0.2) is 8.42 Å². The van der Waals surface area contributed by atoms with Gasteiger partial charge in [0.25, 0.3) is 0 Å². The Hall–Kier alpha value is -2.58. The summed E-state index contributed by atoms with van der Waals surface area (Å²) in [5.74, 6) is 1.11. The van der Waals surface area contributed by atoms with Gasteiger partial charge in [-0.05, 0) is 48.4 Å². The van der Waals surface area contributed by atoms with E-state index in [-0.39, 0.29) is 17.2 Å². The van der Waals surface area contributed by atoms with Crippen molar-refractivity contribution in [3.8, 4) is 11.5 Å². The first kappa shape index (κ1) is 22.7. The number of ether oxygens (including phenoxy) is 2. The molecule has 0 saturated heterocycles. The molecule has 1 amide bonds. The van der Waals surface area contributed by atoms with Gasteiger partial charge in [0.2, 0.25) is 15.9 Å². The van der Waals surface area contributed by atoms with Gasteiger partial charge in [-0.15, -0.1) is 0 Å². The number of amides is 1. The zero-order valence-corrected chi connectivity index (χ0v) is 18.1. The Labute approximate surface area is 172 Å². The summed E-state index contributed by atoms with van der Waals surface area (Å²) in [5, 5.41) is 2.80. The van der Waals surface area contributed by atoms with Crippen molar-refractivity contribution in [2.75, 3.05) is 32.6 Å².